The molecular weight excluding hydrogens is 335 g/mol. The quantitative estimate of drug-likeness (QED) is 0.454. The fourth-order valence-corrected chi connectivity index (χ4v) is 1.96. The molecule has 0 saturated carbocycles. The van der Waals surface area contributed by atoms with Crippen LogP contribution in [-0.4, -0.2) is 25.5 Å². The molecule has 5 nitrogen and oxygen atoms in total. The van der Waals surface area contributed by atoms with Gasteiger partial charge in [0.2, 0.25) is 0 Å². The number of nitrogens with zero attached hydrogens (tertiary/aromatic N) is 1. The molecule has 134 valence electrons. The SMILES string of the molecule is NC(=NCCOCc1ccccc1)Nc1ccccc1OC(F)(F)F. The van der Waals surface area contributed by atoms with Crippen LogP contribution in [0, 0.1) is 0 Å². The number of halogens is 3. The van der Waals surface area contributed by atoms with Crippen LogP contribution >= 0.6 is 0 Å². The Labute approximate surface area is 143 Å². The lowest BCUT2D eigenvalue weighted by atomic mass is 10.2. The number of hydrogen-bond acceptors (Lipinski definition) is 3. The molecule has 2 rings (SSSR count). The highest BCUT2D eigenvalue weighted by Gasteiger charge is 2.32. The average Bonchev–Trinajstić information content (AvgIpc) is 2.56. The van der Waals surface area contributed by atoms with Crippen LogP contribution in [0.1, 0.15) is 5.56 Å². The van der Waals surface area contributed by atoms with E-state index >= 15 is 0 Å². The van der Waals surface area contributed by atoms with Gasteiger partial charge in [0.15, 0.2) is 11.7 Å². The van der Waals surface area contributed by atoms with Crippen LogP contribution in [0.15, 0.2) is 59.6 Å². The molecule has 3 N–H and O–H groups in total. The van der Waals surface area contributed by atoms with Crippen LogP contribution in [0.5, 0.6) is 5.75 Å². The van der Waals surface area contributed by atoms with Crippen LogP contribution in [0.2, 0.25) is 0 Å². The summed E-state index contributed by atoms with van der Waals surface area (Å²) in [5.74, 6) is -0.407. The van der Waals surface area contributed by atoms with Crippen molar-refractivity contribution in [3.63, 3.8) is 0 Å². The molecule has 0 aliphatic rings. The molecule has 0 bridgehead atoms. The van der Waals surface area contributed by atoms with E-state index in [4.69, 9.17) is 10.5 Å². The summed E-state index contributed by atoms with van der Waals surface area (Å²) in [5, 5.41) is 2.59. The lowest BCUT2D eigenvalue weighted by molar-refractivity contribution is -0.274. The Balaban J connectivity index is 1.81. The molecule has 0 spiro atoms. The van der Waals surface area contributed by atoms with Crippen molar-refractivity contribution < 1.29 is 22.6 Å². The van der Waals surface area contributed by atoms with Crippen LogP contribution in [-0.2, 0) is 11.3 Å². The second kappa shape index (κ2) is 8.93. The lowest BCUT2D eigenvalue weighted by Gasteiger charge is -2.14. The van der Waals surface area contributed by atoms with Gasteiger partial charge >= 0.3 is 6.36 Å². The Hall–Kier alpha value is -2.74. The number of ether oxygens (including phenoxy) is 2. The van der Waals surface area contributed by atoms with E-state index in [9.17, 15) is 13.2 Å². The zero-order chi connectivity index (χ0) is 18.1. The Morgan fingerprint density at radius 3 is 2.44 bits per heavy atom. The fraction of sp³-hybridized carbons (Fsp3) is 0.235. The maximum absolute atomic E-state index is 12.4. The zero-order valence-electron chi connectivity index (χ0n) is 13.3. The minimum Gasteiger partial charge on any atom is -0.404 e. The molecule has 0 heterocycles. The van der Waals surface area contributed by atoms with Crippen LogP contribution < -0.4 is 15.8 Å². The maximum Gasteiger partial charge on any atom is 0.573 e. The molecule has 0 fully saturated rings. The molecule has 0 radical (unpaired) electrons. The number of benzene rings is 2. The molecule has 0 unspecified atom stereocenters. The number of guanidine groups is 1. The molecule has 25 heavy (non-hydrogen) atoms. The van der Waals surface area contributed by atoms with Crippen molar-refractivity contribution in [1.82, 2.24) is 0 Å². The smallest absolute Gasteiger partial charge is 0.404 e. The Morgan fingerprint density at radius 1 is 1.04 bits per heavy atom. The predicted octanol–water partition coefficient (Wildman–Crippen LogP) is 3.53. The molecule has 0 aromatic heterocycles. The van der Waals surface area contributed by atoms with E-state index in [0.717, 1.165) is 5.56 Å². The third kappa shape index (κ3) is 7.13. The molecule has 0 amide bonds. The molecule has 8 heteroatoms. The first-order chi connectivity index (χ1) is 11.9. The maximum atomic E-state index is 12.4. The van der Waals surface area contributed by atoms with Crippen molar-refractivity contribution in [3.8, 4) is 5.75 Å². The van der Waals surface area contributed by atoms with Crippen LogP contribution in [0.3, 0.4) is 0 Å². The highest BCUT2D eigenvalue weighted by molar-refractivity contribution is 5.93. The number of para-hydroxylation sites is 2. The van der Waals surface area contributed by atoms with Gasteiger partial charge < -0.3 is 20.5 Å². The largest absolute Gasteiger partial charge is 0.573 e. The van der Waals surface area contributed by atoms with E-state index < -0.39 is 6.36 Å². The fourth-order valence-electron chi connectivity index (χ4n) is 1.96. The van der Waals surface area contributed by atoms with Crippen LogP contribution in [0.4, 0.5) is 18.9 Å². The first-order valence-corrected chi connectivity index (χ1v) is 7.47. The Kier molecular flexibility index (Phi) is 6.64. The van der Waals surface area contributed by atoms with E-state index in [-0.39, 0.29) is 23.9 Å². The van der Waals surface area contributed by atoms with E-state index in [0.29, 0.717) is 13.2 Å². The number of alkyl halides is 3. The second-order valence-electron chi connectivity index (χ2n) is 4.97. The van der Waals surface area contributed by atoms with Gasteiger partial charge in [-0.05, 0) is 17.7 Å². The lowest BCUT2D eigenvalue weighted by Crippen LogP contribution is -2.25. The summed E-state index contributed by atoms with van der Waals surface area (Å²) in [4.78, 5) is 4.01. The number of aliphatic imine (C=N–C) groups is 1. The van der Waals surface area contributed by atoms with Crippen molar-refractivity contribution >= 4 is 11.6 Å². The minimum absolute atomic E-state index is 0.0264. The van der Waals surface area contributed by atoms with Gasteiger partial charge in [-0.25, -0.2) is 0 Å². The molecule has 2 aromatic rings. The number of nitrogens with one attached hydrogen (secondary N) is 1. The third-order valence-electron chi connectivity index (χ3n) is 3.00. The third-order valence-corrected chi connectivity index (χ3v) is 3.00. The summed E-state index contributed by atoms with van der Waals surface area (Å²) in [6.45, 7) is 1.05. The summed E-state index contributed by atoms with van der Waals surface area (Å²) in [6.07, 6.45) is -4.78. The van der Waals surface area contributed by atoms with Crippen molar-refractivity contribution in [1.29, 1.82) is 0 Å². The van der Waals surface area contributed by atoms with Gasteiger partial charge in [0.05, 0.1) is 25.4 Å². The first-order valence-electron chi connectivity index (χ1n) is 7.47. The number of nitrogens with two attached hydrogens (primary N) is 1. The van der Waals surface area contributed by atoms with Gasteiger partial charge in [-0.2, -0.15) is 0 Å². The summed E-state index contributed by atoms with van der Waals surface area (Å²) >= 11 is 0. The molecule has 0 saturated heterocycles. The normalized spacial score (nSPS) is 12.0. The molecule has 0 aliphatic carbocycles. The van der Waals surface area contributed by atoms with Gasteiger partial charge in [-0.3, -0.25) is 4.99 Å². The minimum atomic E-state index is -4.78. The second-order valence-corrected chi connectivity index (χ2v) is 4.97. The first kappa shape index (κ1) is 18.6. The zero-order valence-corrected chi connectivity index (χ0v) is 13.3. The van der Waals surface area contributed by atoms with Crippen molar-refractivity contribution in [2.45, 2.75) is 13.0 Å². The molecule has 2 aromatic carbocycles. The molecule has 0 atom stereocenters. The standard InChI is InChI=1S/C17H18F3N3O2/c18-17(19,20)25-15-9-5-4-8-14(15)23-16(21)22-10-11-24-12-13-6-2-1-3-7-13/h1-9H,10-12H2,(H3,21,22,23). The summed E-state index contributed by atoms with van der Waals surface area (Å²) in [7, 11) is 0. The summed E-state index contributed by atoms with van der Waals surface area (Å²) < 4.78 is 46.4. The van der Waals surface area contributed by atoms with E-state index in [2.05, 4.69) is 15.0 Å². The van der Waals surface area contributed by atoms with Gasteiger partial charge in [0, 0.05) is 0 Å². The summed E-state index contributed by atoms with van der Waals surface area (Å²) in [5.41, 5.74) is 6.79. The van der Waals surface area contributed by atoms with Crippen molar-refractivity contribution in [2.24, 2.45) is 10.7 Å². The van der Waals surface area contributed by atoms with Crippen molar-refractivity contribution in [2.75, 3.05) is 18.5 Å². The Bertz CT molecular complexity index is 691. The highest BCUT2D eigenvalue weighted by atomic mass is 19.4. The van der Waals surface area contributed by atoms with E-state index in [1.54, 1.807) is 6.07 Å². The molecule has 0 aliphatic heterocycles. The van der Waals surface area contributed by atoms with Crippen LogP contribution in [0.25, 0.3) is 0 Å². The number of rotatable bonds is 7. The number of anilines is 1. The Morgan fingerprint density at radius 2 is 1.72 bits per heavy atom. The average molecular weight is 353 g/mol. The van der Waals surface area contributed by atoms with Gasteiger partial charge in [0.25, 0.3) is 0 Å². The number of hydrogen-bond donors (Lipinski definition) is 2. The van der Waals surface area contributed by atoms with Gasteiger partial charge in [-0.1, -0.05) is 42.5 Å². The van der Waals surface area contributed by atoms with Gasteiger partial charge in [0.1, 0.15) is 0 Å². The van der Waals surface area contributed by atoms with E-state index in [1.807, 2.05) is 30.3 Å². The monoisotopic (exact) mass is 353 g/mol. The molecular formula is C17H18F3N3O2. The van der Waals surface area contributed by atoms with Gasteiger partial charge in [-0.15, -0.1) is 13.2 Å². The topological polar surface area (TPSA) is 68.9 Å². The summed E-state index contributed by atoms with van der Waals surface area (Å²) in [6, 6.07) is 15.2. The van der Waals surface area contributed by atoms with Crippen molar-refractivity contribution in [3.05, 3.63) is 60.2 Å². The highest BCUT2D eigenvalue weighted by Crippen LogP contribution is 2.29. The predicted molar refractivity (Wildman–Crippen MR) is 89.3 cm³/mol. The van der Waals surface area contributed by atoms with E-state index in [1.165, 1.54) is 18.2 Å².